The molecule has 6 nitrogen and oxygen atoms in total. The number of nitrogens with zero attached hydrogens (tertiary/aromatic N) is 2. The second kappa shape index (κ2) is 8.61. The van der Waals surface area contributed by atoms with Crippen LogP contribution in [-0.2, 0) is 14.4 Å². The molecular formula is C25H20BrFN2O4. The normalized spacial score (nSPS) is 22.1. The van der Waals surface area contributed by atoms with Gasteiger partial charge >= 0.3 is 0 Å². The van der Waals surface area contributed by atoms with Crippen LogP contribution in [0.3, 0.4) is 0 Å². The minimum Gasteiger partial charge on any atom is -0.492 e. The quantitative estimate of drug-likeness (QED) is 0.450. The van der Waals surface area contributed by atoms with Gasteiger partial charge in [-0.2, -0.15) is 0 Å². The molecule has 33 heavy (non-hydrogen) atoms. The van der Waals surface area contributed by atoms with Crippen LogP contribution in [0.25, 0.3) is 0 Å². The van der Waals surface area contributed by atoms with Crippen molar-refractivity contribution in [3.63, 3.8) is 0 Å². The van der Waals surface area contributed by atoms with E-state index in [1.165, 1.54) is 6.07 Å². The van der Waals surface area contributed by atoms with Crippen molar-refractivity contribution >= 4 is 39.1 Å². The molecular weight excluding hydrogens is 491 g/mol. The number of amides is 2. The van der Waals surface area contributed by atoms with Crippen molar-refractivity contribution in [2.45, 2.75) is 19.1 Å². The van der Waals surface area contributed by atoms with E-state index in [1.807, 2.05) is 37.3 Å². The highest BCUT2D eigenvalue weighted by atomic mass is 79.9. The zero-order valence-electron chi connectivity index (χ0n) is 17.7. The lowest BCUT2D eigenvalue weighted by molar-refractivity contribution is -0.126. The monoisotopic (exact) mass is 510 g/mol. The Morgan fingerprint density at radius 2 is 1.73 bits per heavy atom. The molecule has 0 aromatic heterocycles. The molecule has 3 aromatic carbocycles. The molecule has 2 aliphatic heterocycles. The van der Waals surface area contributed by atoms with E-state index in [1.54, 1.807) is 41.5 Å². The van der Waals surface area contributed by atoms with Crippen molar-refractivity contribution in [1.82, 2.24) is 0 Å². The van der Waals surface area contributed by atoms with Crippen molar-refractivity contribution in [1.29, 1.82) is 0 Å². The fourth-order valence-corrected chi connectivity index (χ4v) is 4.80. The van der Waals surface area contributed by atoms with Crippen LogP contribution in [0.15, 0.2) is 77.3 Å². The molecule has 0 aliphatic carbocycles. The van der Waals surface area contributed by atoms with Gasteiger partial charge in [-0.1, -0.05) is 36.4 Å². The third-order valence-electron chi connectivity index (χ3n) is 5.82. The number of anilines is 2. The maximum Gasteiger partial charge on any atom is 0.266 e. The van der Waals surface area contributed by atoms with Crippen LogP contribution < -0.4 is 14.7 Å². The Morgan fingerprint density at radius 3 is 2.45 bits per heavy atom. The molecule has 0 spiro atoms. The first-order valence-electron chi connectivity index (χ1n) is 10.6. The first-order chi connectivity index (χ1) is 16.0. The molecule has 0 saturated carbocycles. The first kappa shape index (κ1) is 21.6. The molecule has 0 N–H and O–H groups in total. The van der Waals surface area contributed by atoms with Gasteiger partial charge in [0.15, 0.2) is 6.10 Å². The van der Waals surface area contributed by atoms with Crippen LogP contribution in [0.1, 0.15) is 18.5 Å². The fraction of sp³-hybridized carbons (Fsp3) is 0.200. The van der Waals surface area contributed by atoms with Gasteiger partial charge < -0.3 is 4.74 Å². The molecule has 3 atom stereocenters. The maximum absolute atomic E-state index is 14.0. The number of para-hydroxylation sites is 3. The summed E-state index contributed by atoms with van der Waals surface area (Å²) in [6.45, 7) is 2.23. The molecule has 2 amide bonds. The van der Waals surface area contributed by atoms with E-state index in [4.69, 9.17) is 9.57 Å². The summed E-state index contributed by atoms with van der Waals surface area (Å²) >= 11 is 3.23. The number of hydrogen-bond acceptors (Lipinski definition) is 5. The Bertz CT molecular complexity index is 1220. The molecule has 8 heteroatoms. The van der Waals surface area contributed by atoms with Gasteiger partial charge in [0, 0.05) is 0 Å². The summed E-state index contributed by atoms with van der Waals surface area (Å²) in [7, 11) is 0. The summed E-state index contributed by atoms with van der Waals surface area (Å²) in [4.78, 5) is 34.4. The van der Waals surface area contributed by atoms with Crippen LogP contribution in [0, 0.1) is 11.7 Å². The highest BCUT2D eigenvalue weighted by Gasteiger charge is 2.60. The van der Waals surface area contributed by atoms with E-state index in [9.17, 15) is 14.0 Å². The molecule has 0 unspecified atom stereocenters. The minimum absolute atomic E-state index is 0.270. The van der Waals surface area contributed by atoms with Gasteiger partial charge in [0.1, 0.15) is 17.5 Å². The van der Waals surface area contributed by atoms with Gasteiger partial charge in [-0.05, 0) is 64.8 Å². The highest BCUT2D eigenvalue weighted by Crippen LogP contribution is 2.48. The van der Waals surface area contributed by atoms with Gasteiger partial charge in [-0.15, -0.1) is 0 Å². The average Bonchev–Trinajstić information content (AvgIpc) is 3.33. The zero-order valence-corrected chi connectivity index (χ0v) is 19.2. The number of hydrogen-bond donors (Lipinski definition) is 0. The standard InChI is InChI=1S/C25H20BrFN2O4/c1-2-32-20-11-7-6-10-19(20)28-24(30)21-22(15-12-13-18(27)17(26)14-15)29(33-23(21)25(28)31)16-8-4-3-5-9-16/h3-14,21-23H,2H2,1H3/t21-,22+,23-/m1/s1. The third-order valence-corrected chi connectivity index (χ3v) is 6.42. The molecule has 2 fully saturated rings. The van der Waals surface area contributed by atoms with E-state index >= 15 is 0 Å². The number of hydroxylamine groups is 1. The second-order valence-electron chi connectivity index (χ2n) is 7.74. The Morgan fingerprint density at radius 1 is 1.00 bits per heavy atom. The molecule has 2 heterocycles. The van der Waals surface area contributed by atoms with Crippen LogP contribution >= 0.6 is 15.9 Å². The number of carbonyl (C=O) groups excluding carboxylic acids is 2. The summed E-state index contributed by atoms with van der Waals surface area (Å²) in [5.74, 6) is -1.63. The van der Waals surface area contributed by atoms with Crippen molar-refractivity contribution in [3.8, 4) is 5.75 Å². The average molecular weight is 511 g/mol. The molecule has 5 rings (SSSR count). The molecule has 2 saturated heterocycles. The third kappa shape index (κ3) is 3.59. The topological polar surface area (TPSA) is 59.1 Å². The number of imide groups is 1. The van der Waals surface area contributed by atoms with E-state index in [0.717, 1.165) is 4.90 Å². The SMILES string of the molecule is CCOc1ccccc1N1C(=O)[C@H]2[C@@H](ON(c3ccccc3)[C@H]2c2ccc(F)c(Br)c2)C1=O. The van der Waals surface area contributed by atoms with E-state index in [0.29, 0.717) is 29.3 Å². The van der Waals surface area contributed by atoms with Crippen LogP contribution in [0.4, 0.5) is 15.8 Å². The zero-order chi connectivity index (χ0) is 23.1. The van der Waals surface area contributed by atoms with Crippen LogP contribution in [-0.4, -0.2) is 24.5 Å². The number of ether oxygens (including phenoxy) is 1. The number of rotatable bonds is 5. The fourth-order valence-electron chi connectivity index (χ4n) is 4.41. The molecule has 0 radical (unpaired) electrons. The highest BCUT2D eigenvalue weighted by molar-refractivity contribution is 9.10. The lowest BCUT2D eigenvalue weighted by atomic mass is 9.90. The molecule has 2 aliphatic rings. The first-order valence-corrected chi connectivity index (χ1v) is 11.4. The number of benzene rings is 3. The van der Waals surface area contributed by atoms with E-state index in [2.05, 4.69) is 15.9 Å². The lowest BCUT2D eigenvalue weighted by Gasteiger charge is -2.29. The van der Waals surface area contributed by atoms with E-state index < -0.39 is 29.8 Å². The summed E-state index contributed by atoms with van der Waals surface area (Å²) in [6, 6.07) is 20.1. The smallest absolute Gasteiger partial charge is 0.266 e. The number of carbonyl (C=O) groups is 2. The summed E-state index contributed by atoms with van der Waals surface area (Å²) in [5.41, 5.74) is 1.73. The molecule has 3 aromatic rings. The molecule has 0 bridgehead atoms. The van der Waals surface area contributed by atoms with Crippen molar-refractivity contribution in [3.05, 3.63) is 88.6 Å². The van der Waals surface area contributed by atoms with Gasteiger partial charge in [-0.25, -0.2) is 14.4 Å². The van der Waals surface area contributed by atoms with Crippen molar-refractivity contribution in [2.24, 2.45) is 5.92 Å². The van der Waals surface area contributed by atoms with Crippen molar-refractivity contribution < 1.29 is 23.6 Å². The lowest BCUT2D eigenvalue weighted by Crippen LogP contribution is -2.37. The Hall–Kier alpha value is -3.23. The summed E-state index contributed by atoms with van der Waals surface area (Å²) in [5, 5.41) is 1.58. The van der Waals surface area contributed by atoms with Gasteiger partial charge in [0.05, 0.1) is 28.5 Å². The van der Waals surface area contributed by atoms with Gasteiger partial charge in [0.25, 0.3) is 5.91 Å². The van der Waals surface area contributed by atoms with Crippen molar-refractivity contribution in [2.75, 3.05) is 16.6 Å². The Balaban J connectivity index is 1.60. The maximum atomic E-state index is 14.0. The van der Waals surface area contributed by atoms with Crippen LogP contribution in [0.5, 0.6) is 5.75 Å². The predicted molar refractivity (Wildman–Crippen MR) is 124 cm³/mol. The Kier molecular flexibility index (Phi) is 5.64. The number of halogens is 2. The summed E-state index contributed by atoms with van der Waals surface area (Å²) in [6.07, 6.45) is -1.01. The van der Waals surface area contributed by atoms with Gasteiger partial charge in [0.2, 0.25) is 5.91 Å². The second-order valence-corrected chi connectivity index (χ2v) is 8.60. The summed E-state index contributed by atoms with van der Waals surface area (Å²) < 4.78 is 19.9. The minimum atomic E-state index is -1.01. The Labute approximate surface area is 198 Å². The van der Waals surface area contributed by atoms with E-state index in [-0.39, 0.29) is 10.4 Å². The number of fused-ring (bicyclic) bond motifs is 1. The molecule has 168 valence electrons. The van der Waals surface area contributed by atoms with Crippen LogP contribution in [0.2, 0.25) is 0 Å². The largest absolute Gasteiger partial charge is 0.492 e. The predicted octanol–water partition coefficient (Wildman–Crippen LogP) is 5.04. The van der Waals surface area contributed by atoms with Gasteiger partial charge in [-0.3, -0.25) is 14.4 Å².